The number of fused-ring (bicyclic) bond motifs is 6. The molecule has 0 aromatic heterocycles. The average molecular weight is 926 g/mol. The molecule has 0 saturated heterocycles. The van der Waals surface area contributed by atoms with Crippen molar-refractivity contribution < 1.29 is 31.9 Å². The molecular formula is C56H69N4O6S+. The van der Waals surface area contributed by atoms with Crippen LogP contribution in [-0.4, -0.2) is 73.3 Å². The van der Waals surface area contributed by atoms with E-state index in [1.165, 1.54) is 44.1 Å². The van der Waals surface area contributed by atoms with Crippen molar-refractivity contribution in [2.24, 2.45) is 0 Å². The number of hydrogen-bond acceptors (Lipinski definition) is 6. The van der Waals surface area contributed by atoms with Crippen molar-refractivity contribution in [2.45, 2.75) is 115 Å². The lowest BCUT2D eigenvalue weighted by Gasteiger charge is -2.27. The van der Waals surface area contributed by atoms with Gasteiger partial charge in [0.05, 0.1) is 11.2 Å². The molecule has 67 heavy (non-hydrogen) atoms. The maximum Gasteiger partial charge on any atom is 0.407 e. The summed E-state index contributed by atoms with van der Waals surface area (Å²) in [6.07, 6.45) is 27.4. The van der Waals surface area contributed by atoms with E-state index in [1.807, 2.05) is 12.2 Å². The molecule has 0 saturated carbocycles. The second-order valence-corrected chi connectivity index (χ2v) is 20.6. The van der Waals surface area contributed by atoms with Crippen LogP contribution >= 0.6 is 0 Å². The summed E-state index contributed by atoms with van der Waals surface area (Å²) in [6, 6.07) is 25.8. The predicted octanol–water partition coefficient (Wildman–Crippen LogP) is 11.7. The minimum absolute atomic E-state index is 0.00919. The van der Waals surface area contributed by atoms with Gasteiger partial charge in [-0.2, -0.15) is 13.0 Å². The summed E-state index contributed by atoms with van der Waals surface area (Å²) in [5.41, 5.74) is 6.77. The van der Waals surface area contributed by atoms with Crippen molar-refractivity contribution in [1.82, 2.24) is 10.6 Å². The van der Waals surface area contributed by atoms with E-state index in [9.17, 15) is 22.6 Å². The van der Waals surface area contributed by atoms with Crippen LogP contribution < -0.4 is 15.5 Å². The molecular weight excluding hydrogens is 857 g/mol. The molecule has 10 nitrogen and oxygen atoms in total. The third-order valence-corrected chi connectivity index (χ3v) is 14.3. The first-order chi connectivity index (χ1) is 32.3. The lowest BCUT2D eigenvalue weighted by Crippen LogP contribution is -2.36. The molecule has 2 aliphatic heterocycles. The molecule has 11 heteroatoms. The molecule has 0 bridgehead atoms. The molecule has 3 aliphatic rings. The maximum absolute atomic E-state index is 12.7. The molecule has 1 unspecified atom stereocenters. The van der Waals surface area contributed by atoms with Crippen LogP contribution in [0.15, 0.2) is 133 Å². The lowest BCUT2D eigenvalue weighted by atomic mass is 9.79. The molecule has 7 rings (SSSR count). The largest absolute Gasteiger partial charge is 0.446 e. The molecule has 1 aliphatic carbocycles. The number of benzene rings is 4. The Kier molecular flexibility index (Phi) is 16.4. The van der Waals surface area contributed by atoms with Crippen LogP contribution in [0.25, 0.3) is 21.5 Å². The highest BCUT2D eigenvalue weighted by molar-refractivity contribution is 7.85. The van der Waals surface area contributed by atoms with Gasteiger partial charge >= 0.3 is 6.09 Å². The molecule has 0 fully saturated rings. The number of carbonyl (C=O) groups is 2. The number of hydrogen-bond donors (Lipinski definition) is 3. The van der Waals surface area contributed by atoms with E-state index in [2.05, 4.69) is 163 Å². The van der Waals surface area contributed by atoms with Crippen LogP contribution in [0, 0.1) is 0 Å². The summed E-state index contributed by atoms with van der Waals surface area (Å²) < 4.78 is 40.3. The Morgan fingerprint density at radius 2 is 1.45 bits per heavy atom. The van der Waals surface area contributed by atoms with Gasteiger partial charge in [0.15, 0.2) is 5.71 Å². The van der Waals surface area contributed by atoms with Crippen molar-refractivity contribution in [3.8, 4) is 0 Å². The number of alkyl carbamates (subject to hydrolysis) is 1. The molecule has 0 spiro atoms. The van der Waals surface area contributed by atoms with Crippen LogP contribution in [0.3, 0.4) is 0 Å². The van der Waals surface area contributed by atoms with Gasteiger partial charge in [-0.3, -0.25) is 9.35 Å². The number of carbonyl (C=O) groups excluding carboxylic acids is 2. The van der Waals surface area contributed by atoms with E-state index in [0.717, 1.165) is 69.3 Å². The number of unbranched alkanes of at least 4 members (excludes halogenated alkanes) is 3. The Balaban J connectivity index is 0.980. The quantitative estimate of drug-likeness (QED) is 0.0281. The Bertz CT molecular complexity index is 2730. The molecule has 2 heterocycles. The minimum Gasteiger partial charge on any atom is -0.446 e. The third kappa shape index (κ3) is 12.2. The highest BCUT2D eigenvalue weighted by atomic mass is 32.2. The molecule has 0 radical (unpaired) electrons. The number of nitrogens with zero attached hydrogens (tertiary/aromatic N) is 2. The van der Waals surface area contributed by atoms with Crippen LogP contribution in [-0.2, 0) is 30.5 Å². The zero-order valence-corrected chi connectivity index (χ0v) is 40.6. The first kappa shape index (κ1) is 49.1. The molecule has 2 amide bonds. The van der Waals surface area contributed by atoms with Crippen molar-refractivity contribution in [3.05, 3.63) is 144 Å². The maximum atomic E-state index is 12.7. The van der Waals surface area contributed by atoms with Crippen molar-refractivity contribution >= 4 is 60.7 Å². The lowest BCUT2D eigenvalue weighted by molar-refractivity contribution is -0.438. The van der Waals surface area contributed by atoms with E-state index in [4.69, 9.17) is 4.74 Å². The number of rotatable bonds is 19. The molecule has 1 atom stereocenters. The van der Waals surface area contributed by atoms with E-state index in [-0.39, 0.29) is 28.6 Å². The summed E-state index contributed by atoms with van der Waals surface area (Å²) in [5, 5.41) is 10.6. The van der Waals surface area contributed by atoms with Gasteiger partial charge in [-0.25, -0.2) is 4.79 Å². The summed E-state index contributed by atoms with van der Waals surface area (Å²) in [7, 11) is -4.01. The van der Waals surface area contributed by atoms with Gasteiger partial charge in [-0.15, -0.1) is 0 Å². The monoisotopic (exact) mass is 925 g/mol. The second kappa shape index (κ2) is 22.3. The Morgan fingerprint density at radius 3 is 2.22 bits per heavy atom. The Hall–Kier alpha value is -5.78. The fourth-order valence-electron chi connectivity index (χ4n) is 10.2. The van der Waals surface area contributed by atoms with Crippen molar-refractivity contribution in [3.63, 3.8) is 0 Å². The normalized spacial score (nSPS) is 19.1. The summed E-state index contributed by atoms with van der Waals surface area (Å²) >= 11 is 0. The number of nitrogens with one attached hydrogen (secondary N) is 2. The molecule has 354 valence electrons. The van der Waals surface area contributed by atoms with Gasteiger partial charge in [-0.1, -0.05) is 111 Å². The summed E-state index contributed by atoms with van der Waals surface area (Å²) in [5.74, 6) is -0.255. The van der Waals surface area contributed by atoms with E-state index in [1.54, 1.807) is 0 Å². The van der Waals surface area contributed by atoms with Gasteiger partial charge in [0.1, 0.15) is 12.6 Å². The zero-order chi connectivity index (χ0) is 47.4. The topological polar surface area (TPSA) is 128 Å². The van der Waals surface area contributed by atoms with Gasteiger partial charge in [0.25, 0.3) is 10.1 Å². The van der Waals surface area contributed by atoms with E-state index in [0.29, 0.717) is 38.9 Å². The third-order valence-electron chi connectivity index (χ3n) is 13.5. The predicted molar refractivity (Wildman–Crippen MR) is 274 cm³/mol. The van der Waals surface area contributed by atoms with E-state index < -0.39 is 16.2 Å². The first-order valence-corrected chi connectivity index (χ1v) is 25.9. The number of ether oxygens (including phenoxy) is 1. The Morgan fingerprint density at radius 1 is 0.761 bits per heavy atom. The van der Waals surface area contributed by atoms with Crippen molar-refractivity contribution in [1.29, 1.82) is 0 Å². The van der Waals surface area contributed by atoms with Gasteiger partial charge in [0.2, 0.25) is 11.6 Å². The van der Waals surface area contributed by atoms with E-state index >= 15 is 0 Å². The minimum atomic E-state index is -4.01. The molecule has 4 aromatic rings. The highest BCUT2D eigenvalue weighted by Gasteiger charge is 2.45. The summed E-state index contributed by atoms with van der Waals surface area (Å²) in [4.78, 5) is 27.3. The summed E-state index contributed by atoms with van der Waals surface area (Å²) in [6.45, 7) is 11.3. The SMILES string of the molecule is CC1(C)C(/C=C/C=C/C=C/C=C2\N(CCCCS(=O)(=O)O)c3ccc4ccccc4c3C2(C)C)=[N+](CCCCCC(=O)NCCNC(=O)OC2CC/C=C/CCC2)c2ccc3ccccc3c21. The molecule has 3 N–H and O–H groups in total. The van der Waals surface area contributed by atoms with Crippen LogP contribution in [0.1, 0.15) is 109 Å². The Labute approximate surface area is 398 Å². The van der Waals surface area contributed by atoms with Crippen LogP contribution in [0.2, 0.25) is 0 Å². The average Bonchev–Trinajstić information content (AvgIpc) is 3.64. The number of allylic oxidation sites excluding steroid dienone is 10. The molecule has 4 aromatic carbocycles. The van der Waals surface area contributed by atoms with Gasteiger partial charge in [0, 0.05) is 67.0 Å². The second-order valence-electron chi connectivity index (χ2n) is 19.1. The smallest absolute Gasteiger partial charge is 0.407 e. The fraction of sp³-hybridized carbons (Fsp3) is 0.411. The van der Waals surface area contributed by atoms with Crippen LogP contribution in [0.4, 0.5) is 16.2 Å². The number of anilines is 1. The fourth-order valence-corrected chi connectivity index (χ4v) is 10.8. The van der Waals surface area contributed by atoms with Crippen LogP contribution in [0.5, 0.6) is 0 Å². The first-order valence-electron chi connectivity index (χ1n) is 24.3. The van der Waals surface area contributed by atoms with Gasteiger partial charge in [-0.05, 0) is 117 Å². The number of amides is 2. The zero-order valence-electron chi connectivity index (χ0n) is 39.8. The van der Waals surface area contributed by atoms with Crippen molar-refractivity contribution in [2.75, 3.05) is 36.8 Å². The highest BCUT2D eigenvalue weighted by Crippen LogP contribution is 2.51. The standard InChI is InChI=1S/C56H68N4O6S/c1-55(2)49(30-14-9-6-10-15-31-50-56(3,4)53-46-29-20-18-25-43(46)34-36-48(53)60(50)40-22-23-41-67(63,64)65)59(47-35-33-42-24-17-19-28-45(42)52(47)55)39-21-11-16-32-51(61)57-37-38-58-54(62)66-44-26-12-7-5-8-13-27-44/h5-7,9-10,14-15,17-20,24-25,28-31,33-36,44H,8,11-13,16,21-23,26-27,32,37-41H2,1-4H3,(H2-,57,58,61,62,63,64,65)/p+1/b7-5+. The van der Waals surface area contributed by atoms with Gasteiger partial charge < -0.3 is 20.3 Å².